The van der Waals surface area contributed by atoms with Crippen molar-refractivity contribution < 1.29 is 9.53 Å². The molecule has 0 saturated heterocycles. The van der Waals surface area contributed by atoms with Gasteiger partial charge in [-0.25, -0.2) is 0 Å². The van der Waals surface area contributed by atoms with E-state index in [1.165, 1.54) is 55.0 Å². The maximum Gasteiger partial charge on any atom is 0.311 e. The Labute approximate surface area is 157 Å². The molecule has 1 aliphatic rings. The number of carbonyl (C=O) groups excluding carboxylic acids is 1. The molecule has 3 rings (SSSR count). The summed E-state index contributed by atoms with van der Waals surface area (Å²) in [7, 11) is 0. The molecule has 0 aliphatic heterocycles. The Morgan fingerprint density at radius 1 is 1.08 bits per heavy atom. The molecule has 1 atom stereocenters. The molecule has 0 fully saturated rings. The van der Waals surface area contributed by atoms with Crippen LogP contribution in [0.25, 0.3) is 16.3 Å². The lowest BCUT2D eigenvalue weighted by Crippen LogP contribution is -2.06. The van der Waals surface area contributed by atoms with Gasteiger partial charge >= 0.3 is 5.97 Å². The summed E-state index contributed by atoms with van der Waals surface area (Å²) in [6, 6.07) is 12.5. The molecule has 2 heteroatoms. The number of allylic oxidation sites excluding steroid dienone is 2. The molecule has 0 amide bonds. The predicted octanol–water partition coefficient (Wildman–Crippen LogP) is 6.92. The van der Waals surface area contributed by atoms with Crippen LogP contribution in [0, 0.1) is 5.92 Å². The molecule has 1 unspecified atom stereocenters. The second-order valence-electron chi connectivity index (χ2n) is 7.46. The highest BCUT2D eigenvalue weighted by Gasteiger charge is 2.15. The summed E-state index contributed by atoms with van der Waals surface area (Å²) < 4.78 is 5.40. The lowest BCUT2D eigenvalue weighted by Gasteiger charge is -2.22. The smallest absolute Gasteiger partial charge is 0.311 e. The number of carbonyl (C=O) groups is 1. The van der Waals surface area contributed by atoms with Crippen molar-refractivity contribution in [3.63, 3.8) is 0 Å². The van der Waals surface area contributed by atoms with E-state index >= 15 is 0 Å². The number of hydrogen-bond acceptors (Lipinski definition) is 2. The zero-order valence-electron chi connectivity index (χ0n) is 16.1. The molecule has 1 aliphatic carbocycles. The van der Waals surface area contributed by atoms with Crippen molar-refractivity contribution in [2.45, 2.75) is 65.2 Å². The lowest BCUT2D eigenvalue weighted by atomic mass is 9.84. The zero-order valence-corrected chi connectivity index (χ0v) is 16.1. The molecule has 0 saturated carbocycles. The van der Waals surface area contributed by atoms with Crippen molar-refractivity contribution in [1.82, 2.24) is 0 Å². The number of benzene rings is 2. The fourth-order valence-electron chi connectivity index (χ4n) is 3.78. The van der Waals surface area contributed by atoms with E-state index in [4.69, 9.17) is 4.74 Å². The van der Waals surface area contributed by atoms with Crippen molar-refractivity contribution in [1.29, 1.82) is 0 Å². The van der Waals surface area contributed by atoms with Gasteiger partial charge in [-0.15, -0.1) is 0 Å². The van der Waals surface area contributed by atoms with Gasteiger partial charge < -0.3 is 4.74 Å². The summed E-state index contributed by atoms with van der Waals surface area (Å²) in [6.45, 7) is 4.25. The predicted molar refractivity (Wildman–Crippen MR) is 109 cm³/mol. The normalized spacial score (nSPS) is 17.2. The minimum Gasteiger partial charge on any atom is -0.427 e. The van der Waals surface area contributed by atoms with E-state index in [0.29, 0.717) is 12.2 Å². The molecule has 0 radical (unpaired) electrons. The molecule has 138 valence electrons. The van der Waals surface area contributed by atoms with E-state index in [1.807, 2.05) is 19.1 Å². The van der Waals surface area contributed by atoms with Crippen LogP contribution < -0.4 is 4.74 Å². The van der Waals surface area contributed by atoms with Crippen LogP contribution in [0.15, 0.2) is 42.5 Å². The minimum absolute atomic E-state index is 0.159. The van der Waals surface area contributed by atoms with Crippen LogP contribution >= 0.6 is 0 Å². The van der Waals surface area contributed by atoms with Crippen LogP contribution in [-0.2, 0) is 4.79 Å². The third-order valence-corrected chi connectivity index (χ3v) is 5.35. The highest BCUT2D eigenvalue weighted by atomic mass is 16.5. The summed E-state index contributed by atoms with van der Waals surface area (Å²) in [5.74, 6) is 1.35. The van der Waals surface area contributed by atoms with Crippen LogP contribution in [0.5, 0.6) is 5.75 Å². The Morgan fingerprint density at radius 3 is 2.62 bits per heavy atom. The molecule has 0 bridgehead atoms. The van der Waals surface area contributed by atoms with Gasteiger partial charge in [0, 0.05) is 6.42 Å². The third kappa shape index (κ3) is 4.75. The largest absolute Gasteiger partial charge is 0.427 e. The average molecular weight is 351 g/mol. The van der Waals surface area contributed by atoms with Gasteiger partial charge in [0.05, 0.1) is 0 Å². The molecule has 0 aromatic heterocycles. The molecule has 2 aromatic rings. The summed E-state index contributed by atoms with van der Waals surface area (Å²) in [5, 5.41) is 2.32. The summed E-state index contributed by atoms with van der Waals surface area (Å²) >= 11 is 0. The van der Waals surface area contributed by atoms with Crippen LogP contribution in [0.3, 0.4) is 0 Å². The van der Waals surface area contributed by atoms with Crippen LogP contribution in [0.1, 0.15) is 70.8 Å². The SMILES string of the molecule is CCCCC1CC=C(c2ccc3cc(OC(=O)CCC)ccc3c2)CC1. The number of fused-ring (bicyclic) bond motifs is 1. The second kappa shape index (κ2) is 9.02. The van der Waals surface area contributed by atoms with E-state index < -0.39 is 0 Å². The number of ether oxygens (including phenoxy) is 1. The van der Waals surface area contributed by atoms with Crippen LogP contribution in [-0.4, -0.2) is 5.97 Å². The van der Waals surface area contributed by atoms with Crippen molar-refractivity contribution in [2.75, 3.05) is 0 Å². The Morgan fingerprint density at radius 2 is 1.88 bits per heavy atom. The summed E-state index contributed by atoms with van der Waals surface area (Å²) in [5.41, 5.74) is 2.82. The van der Waals surface area contributed by atoms with Gasteiger partial charge in [0.15, 0.2) is 0 Å². The number of rotatable bonds is 7. The van der Waals surface area contributed by atoms with E-state index in [9.17, 15) is 4.79 Å². The number of unbranched alkanes of at least 4 members (excludes halogenated alkanes) is 1. The zero-order chi connectivity index (χ0) is 18.4. The Hall–Kier alpha value is -2.09. The lowest BCUT2D eigenvalue weighted by molar-refractivity contribution is -0.134. The van der Waals surface area contributed by atoms with Crippen molar-refractivity contribution in [3.8, 4) is 5.75 Å². The quantitative estimate of drug-likeness (QED) is 0.400. The molecule has 0 N–H and O–H groups in total. The van der Waals surface area contributed by atoms with Crippen molar-refractivity contribution in [3.05, 3.63) is 48.0 Å². The van der Waals surface area contributed by atoms with E-state index in [0.717, 1.165) is 17.7 Å². The summed E-state index contributed by atoms with van der Waals surface area (Å²) in [4.78, 5) is 11.7. The molecular weight excluding hydrogens is 320 g/mol. The number of esters is 1. The Bertz CT molecular complexity index is 788. The van der Waals surface area contributed by atoms with Gasteiger partial charge in [-0.1, -0.05) is 57.4 Å². The first-order valence-electron chi connectivity index (χ1n) is 10.1. The summed E-state index contributed by atoms with van der Waals surface area (Å²) in [6.07, 6.45) is 11.5. The van der Waals surface area contributed by atoms with E-state index in [-0.39, 0.29) is 5.97 Å². The second-order valence-corrected chi connectivity index (χ2v) is 7.46. The molecule has 2 aromatic carbocycles. The monoisotopic (exact) mass is 350 g/mol. The van der Waals surface area contributed by atoms with Gasteiger partial charge in [-0.3, -0.25) is 4.79 Å². The van der Waals surface area contributed by atoms with Crippen LogP contribution in [0.2, 0.25) is 0 Å². The fraction of sp³-hybridized carbons (Fsp3) is 0.458. The van der Waals surface area contributed by atoms with E-state index in [1.54, 1.807) is 0 Å². The van der Waals surface area contributed by atoms with Gasteiger partial charge in [-0.2, -0.15) is 0 Å². The Kier molecular flexibility index (Phi) is 6.49. The first-order chi connectivity index (χ1) is 12.7. The van der Waals surface area contributed by atoms with Gasteiger partial charge in [0.2, 0.25) is 0 Å². The highest BCUT2D eigenvalue weighted by Crippen LogP contribution is 2.34. The van der Waals surface area contributed by atoms with Gasteiger partial charge in [0.25, 0.3) is 0 Å². The standard InChI is InChI=1S/C24H30O2/c1-3-5-7-18-8-10-19(11-9-18)20-12-13-22-17-23(15-14-21(22)16-20)26-24(25)6-4-2/h10,12-18H,3-9,11H2,1-2H3. The van der Waals surface area contributed by atoms with Crippen molar-refractivity contribution in [2.24, 2.45) is 5.92 Å². The topological polar surface area (TPSA) is 26.3 Å². The first-order valence-corrected chi connectivity index (χ1v) is 10.1. The molecule has 26 heavy (non-hydrogen) atoms. The average Bonchev–Trinajstić information content (AvgIpc) is 2.66. The highest BCUT2D eigenvalue weighted by molar-refractivity contribution is 5.88. The first kappa shape index (κ1) is 18.7. The molecule has 2 nitrogen and oxygen atoms in total. The minimum atomic E-state index is -0.159. The Balaban J connectivity index is 1.72. The maximum absolute atomic E-state index is 11.7. The third-order valence-electron chi connectivity index (χ3n) is 5.35. The molecular formula is C24H30O2. The molecule has 0 heterocycles. The van der Waals surface area contributed by atoms with Gasteiger partial charge in [0.1, 0.15) is 5.75 Å². The number of hydrogen-bond donors (Lipinski definition) is 0. The van der Waals surface area contributed by atoms with Crippen LogP contribution in [0.4, 0.5) is 0 Å². The molecule has 0 spiro atoms. The van der Waals surface area contributed by atoms with E-state index in [2.05, 4.69) is 37.3 Å². The fourth-order valence-corrected chi connectivity index (χ4v) is 3.78. The van der Waals surface area contributed by atoms with Crippen molar-refractivity contribution >= 4 is 22.3 Å². The maximum atomic E-state index is 11.7. The van der Waals surface area contributed by atoms with Gasteiger partial charge in [-0.05, 0) is 71.7 Å².